The lowest BCUT2D eigenvalue weighted by atomic mass is 10.1. The molecule has 0 spiro atoms. The van der Waals surface area contributed by atoms with E-state index in [1.807, 2.05) is 12.1 Å². The summed E-state index contributed by atoms with van der Waals surface area (Å²) in [5, 5.41) is 0. The highest BCUT2D eigenvalue weighted by molar-refractivity contribution is 9.10. The number of nitrogens with zero attached hydrogens (tertiary/aromatic N) is 1. The number of carbonyl (C=O) groups excluding carboxylic acids is 1. The van der Waals surface area contributed by atoms with E-state index >= 15 is 0 Å². The predicted molar refractivity (Wildman–Crippen MR) is 77.2 cm³/mol. The van der Waals surface area contributed by atoms with E-state index in [-0.39, 0.29) is 24.7 Å². The highest BCUT2D eigenvalue weighted by atomic mass is 79.9. The van der Waals surface area contributed by atoms with E-state index in [9.17, 15) is 9.18 Å². The van der Waals surface area contributed by atoms with Gasteiger partial charge in [0.2, 0.25) is 0 Å². The number of halogens is 2. The maximum absolute atomic E-state index is 13.9. The van der Waals surface area contributed by atoms with E-state index in [2.05, 4.69) is 15.9 Å². The molecule has 0 saturated carbocycles. The summed E-state index contributed by atoms with van der Waals surface area (Å²) in [6, 6.07) is 11.8. The van der Waals surface area contributed by atoms with Gasteiger partial charge in [0.05, 0.1) is 12.2 Å². The zero-order valence-electron chi connectivity index (χ0n) is 10.5. The van der Waals surface area contributed by atoms with Crippen LogP contribution in [0.15, 0.2) is 46.9 Å². The number of amides is 1. The Bertz CT molecular complexity index is 675. The Morgan fingerprint density at radius 2 is 2.00 bits per heavy atom. The van der Waals surface area contributed by atoms with Crippen molar-refractivity contribution in [2.45, 2.75) is 6.54 Å². The van der Waals surface area contributed by atoms with Crippen molar-refractivity contribution < 1.29 is 13.9 Å². The van der Waals surface area contributed by atoms with Crippen molar-refractivity contribution in [1.82, 2.24) is 0 Å². The molecular weight excluding hydrogens is 325 g/mol. The molecule has 0 aliphatic carbocycles. The molecule has 3 nitrogen and oxygen atoms in total. The second-order valence-electron chi connectivity index (χ2n) is 4.47. The Labute approximate surface area is 124 Å². The summed E-state index contributed by atoms with van der Waals surface area (Å²) >= 11 is 3.39. The van der Waals surface area contributed by atoms with Gasteiger partial charge in [0, 0.05) is 10.0 Å². The number of benzene rings is 2. The van der Waals surface area contributed by atoms with Crippen molar-refractivity contribution >= 4 is 27.5 Å². The minimum absolute atomic E-state index is 0.0943. The van der Waals surface area contributed by atoms with E-state index < -0.39 is 5.82 Å². The number of hydrogen-bond donors (Lipinski definition) is 0. The fraction of sp³-hybridized carbons (Fsp3) is 0.133. The first-order chi connectivity index (χ1) is 9.65. The molecule has 0 unspecified atom stereocenters. The van der Waals surface area contributed by atoms with Gasteiger partial charge in [0.15, 0.2) is 6.61 Å². The molecule has 1 aliphatic rings. The fourth-order valence-electron chi connectivity index (χ4n) is 2.18. The van der Waals surface area contributed by atoms with Gasteiger partial charge in [-0.15, -0.1) is 0 Å². The number of para-hydroxylation sites is 1. The average Bonchev–Trinajstić information content (AvgIpc) is 2.59. The van der Waals surface area contributed by atoms with Gasteiger partial charge >= 0.3 is 0 Å². The van der Waals surface area contributed by atoms with Crippen molar-refractivity contribution in [3.63, 3.8) is 0 Å². The van der Waals surface area contributed by atoms with E-state index in [4.69, 9.17) is 4.74 Å². The van der Waals surface area contributed by atoms with Crippen LogP contribution in [0, 0.1) is 5.82 Å². The number of fused-ring (bicyclic) bond motifs is 1. The van der Waals surface area contributed by atoms with Gasteiger partial charge in [-0.2, -0.15) is 0 Å². The van der Waals surface area contributed by atoms with E-state index in [1.165, 1.54) is 11.0 Å². The van der Waals surface area contributed by atoms with Gasteiger partial charge in [-0.25, -0.2) is 4.39 Å². The van der Waals surface area contributed by atoms with Gasteiger partial charge in [0.25, 0.3) is 5.91 Å². The first kappa shape index (κ1) is 13.1. The molecule has 0 bridgehead atoms. The molecule has 0 N–H and O–H groups in total. The third kappa shape index (κ3) is 2.41. The summed E-state index contributed by atoms with van der Waals surface area (Å²) in [7, 11) is 0. The second kappa shape index (κ2) is 5.25. The van der Waals surface area contributed by atoms with E-state index in [0.29, 0.717) is 5.75 Å². The SMILES string of the molecule is O=C1COc2ccc(Br)cc2CN1c1ccccc1F. The molecule has 1 amide bonds. The molecule has 0 radical (unpaired) electrons. The molecule has 20 heavy (non-hydrogen) atoms. The van der Waals surface area contributed by atoms with Crippen LogP contribution in [0.4, 0.5) is 10.1 Å². The van der Waals surface area contributed by atoms with Crippen LogP contribution in [0.5, 0.6) is 5.75 Å². The van der Waals surface area contributed by atoms with Crippen molar-refractivity contribution in [3.05, 3.63) is 58.3 Å². The van der Waals surface area contributed by atoms with Crippen LogP contribution in [0.2, 0.25) is 0 Å². The maximum atomic E-state index is 13.9. The average molecular weight is 336 g/mol. The van der Waals surface area contributed by atoms with Gasteiger partial charge in [-0.3, -0.25) is 4.79 Å². The van der Waals surface area contributed by atoms with Crippen LogP contribution in [-0.2, 0) is 11.3 Å². The van der Waals surface area contributed by atoms with Gasteiger partial charge in [-0.05, 0) is 30.3 Å². The second-order valence-corrected chi connectivity index (χ2v) is 5.39. The fourth-order valence-corrected chi connectivity index (χ4v) is 2.59. The lowest BCUT2D eigenvalue weighted by Gasteiger charge is -2.20. The summed E-state index contributed by atoms with van der Waals surface area (Å²) in [5.74, 6) is -0.0258. The number of ether oxygens (including phenoxy) is 1. The third-order valence-electron chi connectivity index (χ3n) is 3.15. The summed E-state index contributed by atoms with van der Waals surface area (Å²) < 4.78 is 20.3. The summed E-state index contributed by atoms with van der Waals surface area (Å²) in [6.45, 7) is 0.192. The third-order valence-corrected chi connectivity index (χ3v) is 3.64. The Balaban J connectivity index is 2.03. The zero-order valence-corrected chi connectivity index (χ0v) is 12.1. The highest BCUT2D eigenvalue weighted by Gasteiger charge is 2.24. The van der Waals surface area contributed by atoms with E-state index in [1.54, 1.807) is 24.3 Å². The van der Waals surface area contributed by atoms with Crippen molar-refractivity contribution in [1.29, 1.82) is 0 Å². The first-order valence-corrected chi connectivity index (χ1v) is 6.90. The molecule has 0 fully saturated rings. The Morgan fingerprint density at radius 1 is 1.20 bits per heavy atom. The monoisotopic (exact) mass is 335 g/mol. The molecule has 0 saturated heterocycles. The predicted octanol–water partition coefficient (Wildman–Crippen LogP) is 3.51. The molecule has 1 aliphatic heterocycles. The maximum Gasteiger partial charge on any atom is 0.265 e. The van der Waals surface area contributed by atoms with Crippen LogP contribution in [0.25, 0.3) is 0 Å². The summed E-state index contributed by atoms with van der Waals surface area (Å²) in [6.07, 6.45) is 0. The standard InChI is InChI=1S/C15H11BrFNO2/c16-11-5-6-14-10(7-11)8-18(15(19)9-20-14)13-4-2-1-3-12(13)17/h1-7H,8-9H2. The molecule has 0 aromatic heterocycles. The van der Waals surface area contributed by atoms with Gasteiger partial charge in [-0.1, -0.05) is 28.1 Å². The van der Waals surface area contributed by atoms with E-state index in [0.717, 1.165) is 10.0 Å². The van der Waals surface area contributed by atoms with Crippen LogP contribution in [0.1, 0.15) is 5.56 Å². The van der Waals surface area contributed by atoms with Crippen molar-refractivity contribution in [2.75, 3.05) is 11.5 Å². The molecular formula is C15H11BrFNO2. The van der Waals surface area contributed by atoms with Crippen LogP contribution in [0.3, 0.4) is 0 Å². The minimum Gasteiger partial charge on any atom is -0.483 e. The van der Waals surface area contributed by atoms with Crippen molar-refractivity contribution in [2.24, 2.45) is 0 Å². The van der Waals surface area contributed by atoms with Crippen LogP contribution in [-0.4, -0.2) is 12.5 Å². The number of carbonyl (C=O) groups is 1. The highest BCUT2D eigenvalue weighted by Crippen LogP contribution is 2.30. The van der Waals surface area contributed by atoms with Gasteiger partial charge < -0.3 is 9.64 Å². The number of rotatable bonds is 1. The first-order valence-electron chi connectivity index (χ1n) is 6.11. The number of hydrogen-bond acceptors (Lipinski definition) is 2. The molecule has 1 heterocycles. The zero-order chi connectivity index (χ0) is 14.1. The van der Waals surface area contributed by atoms with Crippen LogP contribution >= 0.6 is 15.9 Å². The van der Waals surface area contributed by atoms with Crippen molar-refractivity contribution in [3.8, 4) is 5.75 Å². The molecule has 102 valence electrons. The molecule has 3 rings (SSSR count). The molecule has 0 atom stereocenters. The lowest BCUT2D eigenvalue weighted by molar-refractivity contribution is -0.120. The summed E-state index contributed by atoms with van der Waals surface area (Å²) in [4.78, 5) is 13.6. The minimum atomic E-state index is -0.417. The normalized spacial score (nSPS) is 14.5. The lowest BCUT2D eigenvalue weighted by Crippen LogP contribution is -2.32. The Hall–Kier alpha value is -1.88. The number of anilines is 1. The Morgan fingerprint density at radius 3 is 2.80 bits per heavy atom. The molecule has 2 aromatic carbocycles. The smallest absolute Gasteiger partial charge is 0.265 e. The van der Waals surface area contributed by atoms with Crippen LogP contribution < -0.4 is 9.64 Å². The molecule has 2 aromatic rings. The quantitative estimate of drug-likeness (QED) is 0.798. The Kier molecular flexibility index (Phi) is 3.44. The van der Waals surface area contributed by atoms with Gasteiger partial charge in [0.1, 0.15) is 11.6 Å². The molecule has 5 heteroatoms. The largest absolute Gasteiger partial charge is 0.483 e. The topological polar surface area (TPSA) is 29.5 Å². The summed E-state index contributed by atoms with van der Waals surface area (Å²) in [5.41, 5.74) is 1.11.